The van der Waals surface area contributed by atoms with E-state index in [-0.39, 0.29) is 18.0 Å². The third-order valence-corrected chi connectivity index (χ3v) is 4.82. The largest absolute Gasteiger partial charge is 0.493 e. The Labute approximate surface area is 171 Å². The van der Waals surface area contributed by atoms with Crippen molar-refractivity contribution in [2.24, 2.45) is 10.7 Å². The third-order valence-electron chi connectivity index (χ3n) is 4.82. The summed E-state index contributed by atoms with van der Waals surface area (Å²) in [6.07, 6.45) is 2.11. The lowest BCUT2D eigenvalue weighted by Gasteiger charge is -2.29. The minimum atomic E-state index is -0.494. The van der Waals surface area contributed by atoms with E-state index in [1.165, 1.54) is 0 Å². The van der Waals surface area contributed by atoms with E-state index < -0.39 is 6.29 Å². The van der Waals surface area contributed by atoms with Crippen LogP contribution in [0.15, 0.2) is 23.2 Å². The van der Waals surface area contributed by atoms with Crippen molar-refractivity contribution in [3.05, 3.63) is 23.8 Å². The van der Waals surface area contributed by atoms with Crippen LogP contribution < -0.4 is 15.2 Å². The van der Waals surface area contributed by atoms with Crippen molar-refractivity contribution in [2.75, 3.05) is 47.6 Å². The Morgan fingerprint density at radius 3 is 2.66 bits per heavy atom. The van der Waals surface area contributed by atoms with Crippen molar-refractivity contribution >= 4 is 5.96 Å². The van der Waals surface area contributed by atoms with Gasteiger partial charge in [-0.05, 0) is 23.6 Å². The van der Waals surface area contributed by atoms with Crippen LogP contribution in [0.4, 0.5) is 0 Å². The number of guanidine groups is 1. The number of nitrogens with zero attached hydrogens (tertiary/aromatic N) is 3. The van der Waals surface area contributed by atoms with Gasteiger partial charge in [0, 0.05) is 27.2 Å². The fourth-order valence-electron chi connectivity index (χ4n) is 3.12. The lowest BCUT2D eigenvalue weighted by Crippen LogP contribution is -2.44. The van der Waals surface area contributed by atoms with Crippen molar-refractivity contribution in [1.29, 1.82) is 5.26 Å². The van der Waals surface area contributed by atoms with E-state index in [1.807, 2.05) is 18.2 Å². The average molecular weight is 406 g/mol. The molecule has 2 unspecified atom stereocenters. The molecule has 2 N–H and O–H groups in total. The second kappa shape index (κ2) is 11.5. The molecule has 1 heterocycles. The van der Waals surface area contributed by atoms with Crippen LogP contribution in [-0.4, -0.2) is 70.9 Å². The molecule has 2 rings (SSSR count). The monoisotopic (exact) mass is 406 g/mol. The first-order valence-electron chi connectivity index (χ1n) is 9.47. The summed E-state index contributed by atoms with van der Waals surface area (Å²) >= 11 is 0. The van der Waals surface area contributed by atoms with Crippen molar-refractivity contribution in [3.63, 3.8) is 0 Å². The number of methoxy groups -OCH3 is 3. The summed E-state index contributed by atoms with van der Waals surface area (Å²) in [6.45, 7) is 4.19. The summed E-state index contributed by atoms with van der Waals surface area (Å²) < 4.78 is 27.4. The molecule has 1 aliphatic heterocycles. The maximum Gasteiger partial charge on any atom is 0.209 e. The molecule has 0 bridgehead atoms. The van der Waals surface area contributed by atoms with Gasteiger partial charge in [-0.15, -0.1) is 4.99 Å². The summed E-state index contributed by atoms with van der Waals surface area (Å²) in [5.41, 5.74) is 7.02. The Balaban J connectivity index is 2.18. The zero-order chi connectivity index (χ0) is 21.2. The van der Waals surface area contributed by atoms with Crippen LogP contribution in [0, 0.1) is 11.5 Å². The van der Waals surface area contributed by atoms with Crippen molar-refractivity contribution in [1.82, 2.24) is 4.90 Å². The highest BCUT2D eigenvalue weighted by molar-refractivity contribution is 5.79. The predicted molar refractivity (Wildman–Crippen MR) is 108 cm³/mol. The Morgan fingerprint density at radius 2 is 2.07 bits per heavy atom. The van der Waals surface area contributed by atoms with E-state index in [9.17, 15) is 0 Å². The van der Waals surface area contributed by atoms with Crippen LogP contribution in [0.2, 0.25) is 0 Å². The molecule has 29 heavy (non-hydrogen) atoms. The number of aliphatic imine (C=N–C) groups is 1. The number of nitrogens with two attached hydrogens (primary N) is 1. The topological polar surface area (TPSA) is 112 Å². The van der Waals surface area contributed by atoms with Gasteiger partial charge in [0.15, 0.2) is 17.8 Å². The second-order valence-electron chi connectivity index (χ2n) is 6.79. The molecule has 0 aliphatic carbocycles. The van der Waals surface area contributed by atoms with E-state index in [0.29, 0.717) is 37.8 Å². The smallest absolute Gasteiger partial charge is 0.209 e. The highest BCUT2D eigenvalue weighted by Gasteiger charge is 2.22. The number of ether oxygens (including phenoxy) is 5. The van der Waals surface area contributed by atoms with E-state index in [1.54, 1.807) is 32.4 Å². The molecule has 9 nitrogen and oxygen atoms in total. The van der Waals surface area contributed by atoms with E-state index in [4.69, 9.17) is 34.7 Å². The van der Waals surface area contributed by atoms with Crippen LogP contribution >= 0.6 is 0 Å². The standard InChI is InChI=1S/C20H30N4O5/c1-14(10-24(20(22)23-13-21)11-19(26-3)27-4)15-5-6-17(25-2)18(9-15)29-16-7-8-28-12-16/h5-6,9,14,16,19H,7-8,10-12H2,1-4H3,(H2,22,23). The van der Waals surface area contributed by atoms with Gasteiger partial charge in [-0.1, -0.05) is 13.0 Å². The molecule has 1 aromatic carbocycles. The highest BCUT2D eigenvalue weighted by atomic mass is 16.7. The first-order valence-corrected chi connectivity index (χ1v) is 9.47. The van der Waals surface area contributed by atoms with Gasteiger partial charge in [-0.3, -0.25) is 0 Å². The van der Waals surface area contributed by atoms with Crippen molar-refractivity contribution in [2.45, 2.75) is 31.7 Å². The molecule has 0 saturated carbocycles. The summed E-state index contributed by atoms with van der Waals surface area (Å²) in [6, 6.07) is 5.85. The van der Waals surface area contributed by atoms with Crippen LogP contribution in [0.5, 0.6) is 11.5 Å². The van der Waals surface area contributed by atoms with Crippen molar-refractivity contribution < 1.29 is 23.7 Å². The minimum Gasteiger partial charge on any atom is -0.493 e. The molecule has 1 fully saturated rings. The quantitative estimate of drug-likeness (QED) is 0.270. The van der Waals surface area contributed by atoms with Gasteiger partial charge in [0.25, 0.3) is 0 Å². The lowest BCUT2D eigenvalue weighted by atomic mass is 10.00. The fraction of sp³-hybridized carbons (Fsp3) is 0.600. The number of benzene rings is 1. The number of nitriles is 1. The average Bonchev–Trinajstić information content (AvgIpc) is 3.24. The maximum atomic E-state index is 8.87. The molecule has 0 aromatic heterocycles. The van der Waals surface area contributed by atoms with Gasteiger partial charge in [0.05, 0.1) is 26.9 Å². The molecule has 1 aliphatic rings. The maximum absolute atomic E-state index is 8.87. The van der Waals surface area contributed by atoms with Gasteiger partial charge in [0.2, 0.25) is 12.2 Å². The number of hydrogen-bond acceptors (Lipinski definition) is 7. The Kier molecular flexibility index (Phi) is 8.99. The van der Waals surface area contributed by atoms with Gasteiger partial charge in [0.1, 0.15) is 6.10 Å². The van der Waals surface area contributed by atoms with Gasteiger partial charge in [-0.25, -0.2) is 0 Å². The Morgan fingerprint density at radius 1 is 1.31 bits per heavy atom. The molecule has 160 valence electrons. The van der Waals surface area contributed by atoms with Gasteiger partial charge in [-0.2, -0.15) is 5.26 Å². The van der Waals surface area contributed by atoms with E-state index in [0.717, 1.165) is 12.0 Å². The fourth-order valence-corrected chi connectivity index (χ4v) is 3.12. The molecule has 2 atom stereocenters. The zero-order valence-electron chi connectivity index (χ0n) is 17.5. The highest BCUT2D eigenvalue weighted by Crippen LogP contribution is 2.33. The predicted octanol–water partition coefficient (Wildman–Crippen LogP) is 1.68. The molecule has 0 radical (unpaired) electrons. The molecule has 0 spiro atoms. The van der Waals surface area contributed by atoms with Crippen molar-refractivity contribution in [3.8, 4) is 17.7 Å². The number of hydrogen-bond donors (Lipinski definition) is 1. The summed E-state index contributed by atoms with van der Waals surface area (Å²) in [5, 5.41) is 8.87. The van der Waals surface area contributed by atoms with Crippen LogP contribution in [-0.2, 0) is 14.2 Å². The van der Waals surface area contributed by atoms with E-state index in [2.05, 4.69) is 11.9 Å². The molecule has 1 saturated heterocycles. The third kappa shape index (κ3) is 6.49. The lowest BCUT2D eigenvalue weighted by molar-refractivity contribution is -0.109. The molecule has 9 heteroatoms. The van der Waals surface area contributed by atoms with Gasteiger partial charge < -0.3 is 34.3 Å². The normalized spacial score (nSPS) is 17.8. The SMILES string of the molecule is COc1ccc(C(C)CN(CC(OC)OC)C(N)=NC#N)cc1OC1CCOC1. The minimum absolute atomic E-state index is 0.0218. The number of rotatable bonds is 10. The van der Waals surface area contributed by atoms with Crippen LogP contribution in [0.3, 0.4) is 0 Å². The molecule has 1 aromatic rings. The first kappa shape index (κ1) is 22.7. The Hall–Kier alpha value is -2.54. The summed E-state index contributed by atoms with van der Waals surface area (Å²) in [7, 11) is 4.72. The Bertz CT molecular complexity index is 711. The summed E-state index contributed by atoms with van der Waals surface area (Å²) in [5.74, 6) is 1.54. The van der Waals surface area contributed by atoms with Crippen LogP contribution in [0.25, 0.3) is 0 Å². The van der Waals surface area contributed by atoms with Crippen LogP contribution in [0.1, 0.15) is 24.8 Å². The summed E-state index contributed by atoms with van der Waals surface area (Å²) in [4.78, 5) is 5.43. The van der Waals surface area contributed by atoms with Gasteiger partial charge >= 0.3 is 0 Å². The zero-order valence-corrected chi connectivity index (χ0v) is 17.5. The molecule has 0 amide bonds. The second-order valence-corrected chi connectivity index (χ2v) is 6.79. The van der Waals surface area contributed by atoms with E-state index >= 15 is 0 Å². The molecular formula is C20H30N4O5. The first-order chi connectivity index (χ1) is 14.0. The molecular weight excluding hydrogens is 376 g/mol.